The summed E-state index contributed by atoms with van der Waals surface area (Å²) in [6.45, 7) is 3.36. The van der Waals surface area contributed by atoms with Gasteiger partial charge in [-0.15, -0.1) is 11.3 Å². The Bertz CT molecular complexity index is 568. The molecule has 0 aromatic carbocycles. The van der Waals surface area contributed by atoms with Gasteiger partial charge >= 0.3 is 0 Å². The van der Waals surface area contributed by atoms with Crippen LogP contribution in [0, 0.1) is 0 Å². The third-order valence-electron chi connectivity index (χ3n) is 2.72. The molecular weight excluding hydrogens is 272 g/mol. The standard InChI is InChI=1S/C14H18N4OS/c1-2-5-17-14(19)13-11(15)8-12(20-13)18-9-10-3-6-16-7-4-10/h3-4,6-8,18H,2,5,9,15H2,1H3,(H,17,19). The van der Waals surface area contributed by atoms with Crippen molar-refractivity contribution in [1.29, 1.82) is 0 Å². The molecular formula is C14H18N4OS. The molecule has 0 bridgehead atoms. The summed E-state index contributed by atoms with van der Waals surface area (Å²) in [5.74, 6) is -0.105. The van der Waals surface area contributed by atoms with E-state index in [1.54, 1.807) is 18.5 Å². The lowest BCUT2D eigenvalue weighted by Crippen LogP contribution is -2.23. The minimum atomic E-state index is -0.105. The van der Waals surface area contributed by atoms with Crippen molar-refractivity contribution in [3.8, 4) is 0 Å². The summed E-state index contributed by atoms with van der Waals surface area (Å²) in [6.07, 6.45) is 4.41. The van der Waals surface area contributed by atoms with E-state index >= 15 is 0 Å². The molecule has 4 N–H and O–H groups in total. The van der Waals surface area contributed by atoms with Crippen LogP contribution < -0.4 is 16.4 Å². The Labute approximate surface area is 122 Å². The predicted octanol–water partition coefficient (Wildman–Crippen LogP) is 2.48. The third-order valence-corrected chi connectivity index (χ3v) is 3.83. The van der Waals surface area contributed by atoms with Crippen LogP contribution in [0.1, 0.15) is 28.6 Å². The van der Waals surface area contributed by atoms with Crippen LogP contribution in [0.25, 0.3) is 0 Å². The molecule has 6 heteroatoms. The molecule has 20 heavy (non-hydrogen) atoms. The maximum atomic E-state index is 11.9. The number of carbonyl (C=O) groups is 1. The Hall–Kier alpha value is -2.08. The van der Waals surface area contributed by atoms with Crippen molar-refractivity contribution in [3.63, 3.8) is 0 Å². The van der Waals surface area contributed by atoms with Gasteiger partial charge in [-0.1, -0.05) is 6.92 Å². The minimum Gasteiger partial charge on any atom is -0.397 e. The number of rotatable bonds is 6. The number of amides is 1. The second kappa shape index (κ2) is 6.91. The van der Waals surface area contributed by atoms with Crippen LogP contribution in [0.5, 0.6) is 0 Å². The van der Waals surface area contributed by atoms with Crippen LogP contribution in [0.3, 0.4) is 0 Å². The fourth-order valence-electron chi connectivity index (χ4n) is 1.68. The van der Waals surface area contributed by atoms with Crippen molar-refractivity contribution in [2.75, 3.05) is 17.6 Å². The van der Waals surface area contributed by atoms with Gasteiger partial charge < -0.3 is 16.4 Å². The third kappa shape index (κ3) is 3.71. The smallest absolute Gasteiger partial charge is 0.263 e. The first kappa shape index (κ1) is 14.3. The van der Waals surface area contributed by atoms with Gasteiger partial charge in [0.25, 0.3) is 5.91 Å². The second-order valence-corrected chi connectivity index (χ2v) is 5.41. The maximum Gasteiger partial charge on any atom is 0.263 e. The zero-order valence-corrected chi connectivity index (χ0v) is 12.2. The van der Waals surface area contributed by atoms with Crippen molar-refractivity contribution in [2.45, 2.75) is 19.9 Å². The fraction of sp³-hybridized carbons (Fsp3) is 0.286. The number of thiophene rings is 1. The second-order valence-electron chi connectivity index (χ2n) is 4.36. The fourth-order valence-corrected chi connectivity index (χ4v) is 2.57. The highest BCUT2D eigenvalue weighted by atomic mass is 32.1. The van der Waals surface area contributed by atoms with Gasteiger partial charge in [0.05, 0.1) is 10.7 Å². The first-order chi connectivity index (χ1) is 9.70. The van der Waals surface area contributed by atoms with Crippen molar-refractivity contribution in [3.05, 3.63) is 41.0 Å². The summed E-state index contributed by atoms with van der Waals surface area (Å²) in [5, 5.41) is 6.99. The molecule has 2 rings (SSSR count). The van der Waals surface area contributed by atoms with E-state index in [0.29, 0.717) is 23.7 Å². The van der Waals surface area contributed by atoms with E-state index in [4.69, 9.17) is 5.73 Å². The topological polar surface area (TPSA) is 80.0 Å². The molecule has 0 aliphatic heterocycles. The molecule has 0 atom stereocenters. The van der Waals surface area contributed by atoms with E-state index in [0.717, 1.165) is 17.0 Å². The number of pyridine rings is 1. The Morgan fingerprint density at radius 3 is 2.85 bits per heavy atom. The lowest BCUT2D eigenvalue weighted by Gasteiger charge is -2.03. The number of anilines is 2. The summed E-state index contributed by atoms with van der Waals surface area (Å²) >= 11 is 1.37. The van der Waals surface area contributed by atoms with E-state index in [2.05, 4.69) is 15.6 Å². The van der Waals surface area contributed by atoms with E-state index in [1.807, 2.05) is 19.1 Å². The highest BCUT2D eigenvalue weighted by molar-refractivity contribution is 7.18. The van der Waals surface area contributed by atoms with Gasteiger partial charge in [0.15, 0.2) is 0 Å². The Kier molecular flexibility index (Phi) is 4.95. The van der Waals surface area contributed by atoms with E-state index < -0.39 is 0 Å². The quantitative estimate of drug-likeness (QED) is 0.763. The molecule has 0 spiro atoms. The summed E-state index contributed by atoms with van der Waals surface area (Å²) in [4.78, 5) is 16.4. The largest absolute Gasteiger partial charge is 0.397 e. The molecule has 0 saturated carbocycles. The number of hydrogen-bond acceptors (Lipinski definition) is 5. The molecule has 2 aromatic heterocycles. The lowest BCUT2D eigenvalue weighted by atomic mass is 10.3. The summed E-state index contributed by atoms with van der Waals surface area (Å²) in [6, 6.07) is 5.68. The average Bonchev–Trinajstić information content (AvgIpc) is 2.85. The summed E-state index contributed by atoms with van der Waals surface area (Å²) in [5.41, 5.74) is 7.53. The van der Waals surface area contributed by atoms with Gasteiger partial charge in [0.2, 0.25) is 0 Å². The molecule has 2 aromatic rings. The molecule has 0 unspecified atom stereocenters. The monoisotopic (exact) mass is 290 g/mol. The highest BCUT2D eigenvalue weighted by Gasteiger charge is 2.13. The summed E-state index contributed by atoms with van der Waals surface area (Å²) in [7, 11) is 0. The summed E-state index contributed by atoms with van der Waals surface area (Å²) < 4.78 is 0. The number of hydrogen-bond donors (Lipinski definition) is 3. The van der Waals surface area contributed by atoms with Gasteiger partial charge in [0, 0.05) is 25.5 Å². The molecule has 106 valence electrons. The van der Waals surface area contributed by atoms with Crippen LogP contribution in [-0.4, -0.2) is 17.4 Å². The van der Waals surface area contributed by atoms with Gasteiger partial charge in [-0.3, -0.25) is 9.78 Å². The van der Waals surface area contributed by atoms with E-state index in [1.165, 1.54) is 11.3 Å². The zero-order chi connectivity index (χ0) is 14.4. The Morgan fingerprint density at radius 2 is 2.15 bits per heavy atom. The van der Waals surface area contributed by atoms with Crippen molar-refractivity contribution in [2.24, 2.45) is 0 Å². The number of aromatic nitrogens is 1. The minimum absolute atomic E-state index is 0.105. The van der Waals surface area contributed by atoms with Crippen LogP contribution in [0.15, 0.2) is 30.6 Å². The molecule has 0 saturated heterocycles. The molecule has 0 fully saturated rings. The molecule has 2 heterocycles. The van der Waals surface area contributed by atoms with Gasteiger partial charge in [-0.25, -0.2) is 0 Å². The number of nitrogens with zero attached hydrogens (tertiary/aromatic N) is 1. The number of nitrogens with two attached hydrogens (primary N) is 1. The Balaban J connectivity index is 1.98. The SMILES string of the molecule is CCCNC(=O)c1sc(NCc2ccncc2)cc1N. The van der Waals surface area contributed by atoms with Crippen LogP contribution in [0.4, 0.5) is 10.7 Å². The predicted molar refractivity (Wildman–Crippen MR) is 82.9 cm³/mol. The van der Waals surface area contributed by atoms with E-state index in [-0.39, 0.29) is 5.91 Å². The Morgan fingerprint density at radius 1 is 1.40 bits per heavy atom. The van der Waals surface area contributed by atoms with Crippen molar-refractivity contribution < 1.29 is 4.79 Å². The molecule has 0 radical (unpaired) electrons. The molecule has 1 amide bonds. The molecule has 5 nitrogen and oxygen atoms in total. The van der Waals surface area contributed by atoms with E-state index in [9.17, 15) is 4.79 Å². The first-order valence-corrected chi connectivity index (χ1v) is 7.32. The van der Waals surface area contributed by atoms with Crippen LogP contribution >= 0.6 is 11.3 Å². The van der Waals surface area contributed by atoms with Gasteiger partial charge in [-0.05, 0) is 30.2 Å². The van der Waals surface area contributed by atoms with Crippen molar-refractivity contribution >= 4 is 27.9 Å². The maximum absolute atomic E-state index is 11.9. The van der Waals surface area contributed by atoms with Gasteiger partial charge in [0.1, 0.15) is 4.88 Å². The molecule has 0 aliphatic rings. The number of carbonyl (C=O) groups excluding carboxylic acids is 1. The van der Waals surface area contributed by atoms with Crippen molar-refractivity contribution in [1.82, 2.24) is 10.3 Å². The number of nitrogens with one attached hydrogen (secondary N) is 2. The molecule has 0 aliphatic carbocycles. The first-order valence-electron chi connectivity index (χ1n) is 6.51. The number of nitrogen functional groups attached to an aromatic ring is 1. The zero-order valence-electron chi connectivity index (χ0n) is 11.3. The van der Waals surface area contributed by atoms with Crippen LogP contribution in [0.2, 0.25) is 0 Å². The average molecular weight is 290 g/mol. The highest BCUT2D eigenvalue weighted by Crippen LogP contribution is 2.29. The van der Waals surface area contributed by atoms with Gasteiger partial charge in [-0.2, -0.15) is 0 Å². The van der Waals surface area contributed by atoms with Crippen LogP contribution in [-0.2, 0) is 6.54 Å². The normalized spacial score (nSPS) is 10.2. The lowest BCUT2D eigenvalue weighted by molar-refractivity contribution is 0.0958.